The third kappa shape index (κ3) is 4.37. The van der Waals surface area contributed by atoms with Crippen molar-refractivity contribution in [2.45, 2.75) is 40.8 Å². The van der Waals surface area contributed by atoms with Gasteiger partial charge in [0.15, 0.2) is 0 Å². The van der Waals surface area contributed by atoms with Gasteiger partial charge in [0.25, 0.3) is 5.91 Å². The molecule has 0 spiro atoms. The molecule has 2 aromatic carbocycles. The number of halogens is 1. The third-order valence-electron chi connectivity index (χ3n) is 4.01. The number of hydrogen-bond donors (Lipinski definition) is 1. The van der Waals surface area contributed by atoms with Crippen molar-refractivity contribution in [1.82, 2.24) is 14.9 Å². The summed E-state index contributed by atoms with van der Waals surface area (Å²) >= 11 is 5.99. The molecule has 0 saturated heterocycles. The Bertz CT molecular complexity index is 912. The molecular formula is C21H25ClN4O. The average Bonchev–Trinajstić information content (AvgIpc) is 3.14. The van der Waals surface area contributed by atoms with E-state index in [2.05, 4.69) is 9.97 Å². The number of nitrogen functional groups attached to an aromatic ring is 1. The fourth-order valence-electron chi connectivity index (χ4n) is 2.91. The van der Waals surface area contributed by atoms with Crippen LogP contribution in [-0.4, -0.2) is 20.8 Å². The summed E-state index contributed by atoms with van der Waals surface area (Å²) in [6.45, 7) is 9.15. The standard InChI is InChI=1S/C17H13ClN4O.2C2H6/c18-12-5-6-13-14(7-12)20-17(19)21-15(13)16(23)22-8-10-3-1-2-4-11(10)9-22;2*1-2/h1-7H,8-9H2,(H2,19,20,21);2*1-2H3. The lowest BCUT2D eigenvalue weighted by Gasteiger charge is -2.16. The van der Waals surface area contributed by atoms with Crippen LogP contribution in [0.25, 0.3) is 10.9 Å². The van der Waals surface area contributed by atoms with Gasteiger partial charge in [0.05, 0.1) is 5.52 Å². The van der Waals surface area contributed by atoms with Crippen LogP contribution in [0.15, 0.2) is 42.5 Å². The molecule has 1 aliphatic rings. The lowest BCUT2D eigenvalue weighted by molar-refractivity contribution is 0.0747. The number of rotatable bonds is 1. The second-order valence-electron chi connectivity index (χ2n) is 5.52. The van der Waals surface area contributed by atoms with E-state index in [4.69, 9.17) is 17.3 Å². The Labute approximate surface area is 165 Å². The van der Waals surface area contributed by atoms with E-state index in [1.165, 1.54) is 0 Å². The monoisotopic (exact) mass is 384 g/mol. The Hall–Kier alpha value is -2.66. The number of aromatic nitrogens is 2. The van der Waals surface area contributed by atoms with Crippen LogP contribution in [0.3, 0.4) is 0 Å². The van der Waals surface area contributed by atoms with Gasteiger partial charge in [-0.1, -0.05) is 63.6 Å². The first-order valence-electron chi connectivity index (χ1n) is 9.20. The molecule has 0 fully saturated rings. The maximum absolute atomic E-state index is 12.9. The zero-order chi connectivity index (χ0) is 20.0. The van der Waals surface area contributed by atoms with Gasteiger partial charge in [-0.05, 0) is 29.3 Å². The molecule has 4 rings (SSSR count). The van der Waals surface area contributed by atoms with Gasteiger partial charge in [0.2, 0.25) is 5.95 Å². The fourth-order valence-corrected chi connectivity index (χ4v) is 3.08. The molecule has 6 heteroatoms. The summed E-state index contributed by atoms with van der Waals surface area (Å²) < 4.78 is 0. The predicted octanol–water partition coefficient (Wildman–Crippen LogP) is 5.07. The number of fused-ring (bicyclic) bond motifs is 2. The minimum absolute atomic E-state index is 0.0693. The summed E-state index contributed by atoms with van der Waals surface area (Å²) in [6, 6.07) is 13.2. The van der Waals surface area contributed by atoms with Crippen molar-refractivity contribution in [1.29, 1.82) is 0 Å². The molecule has 0 unspecified atom stereocenters. The van der Waals surface area contributed by atoms with Gasteiger partial charge in [-0.25, -0.2) is 9.97 Å². The van der Waals surface area contributed by atoms with E-state index in [0.717, 1.165) is 11.1 Å². The highest BCUT2D eigenvalue weighted by atomic mass is 35.5. The molecule has 0 saturated carbocycles. The highest BCUT2D eigenvalue weighted by Gasteiger charge is 2.26. The summed E-state index contributed by atoms with van der Waals surface area (Å²) in [7, 11) is 0. The van der Waals surface area contributed by atoms with E-state index in [0.29, 0.717) is 34.7 Å². The second-order valence-corrected chi connectivity index (χ2v) is 5.96. The molecule has 5 nitrogen and oxygen atoms in total. The molecule has 0 atom stereocenters. The smallest absolute Gasteiger partial charge is 0.273 e. The summed E-state index contributed by atoms with van der Waals surface area (Å²) in [6.07, 6.45) is 0. The Balaban J connectivity index is 0.000000614. The number of carbonyl (C=O) groups is 1. The topological polar surface area (TPSA) is 72.1 Å². The maximum Gasteiger partial charge on any atom is 0.273 e. The molecule has 0 bridgehead atoms. The zero-order valence-electron chi connectivity index (χ0n) is 16.2. The highest BCUT2D eigenvalue weighted by molar-refractivity contribution is 6.31. The Morgan fingerprint density at radius 1 is 1.00 bits per heavy atom. The summed E-state index contributed by atoms with van der Waals surface area (Å²) in [5.74, 6) is -0.0811. The largest absolute Gasteiger partial charge is 0.368 e. The molecule has 1 amide bonds. The van der Waals surface area contributed by atoms with E-state index < -0.39 is 0 Å². The summed E-state index contributed by atoms with van der Waals surface area (Å²) in [4.78, 5) is 23.0. The SMILES string of the molecule is CC.CC.Nc1nc(C(=O)N2Cc3ccccc3C2)c2ccc(Cl)cc2n1. The minimum Gasteiger partial charge on any atom is -0.368 e. The highest BCUT2D eigenvalue weighted by Crippen LogP contribution is 2.27. The molecule has 142 valence electrons. The molecule has 1 aliphatic heterocycles. The van der Waals surface area contributed by atoms with Gasteiger partial charge in [-0.2, -0.15) is 0 Å². The fraction of sp³-hybridized carbons (Fsp3) is 0.286. The van der Waals surface area contributed by atoms with Crippen molar-refractivity contribution >= 4 is 34.4 Å². The Morgan fingerprint density at radius 2 is 1.59 bits per heavy atom. The van der Waals surface area contributed by atoms with Crippen molar-refractivity contribution in [3.63, 3.8) is 0 Å². The minimum atomic E-state index is -0.150. The summed E-state index contributed by atoms with van der Waals surface area (Å²) in [5, 5.41) is 1.20. The Morgan fingerprint density at radius 3 is 2.19 bits per heavy atom. The first kappa shape index (κ1) is 20.6. The van der Waals surface area contributed by atoms with E-state index in [-0.39, 0.29) is 11.9 Å². The number of amides is 1. The molecule has 2 heterocycles. The molecular weight excluding hydrogens is 360 g/mol. The normalized spacial score (nSPS) is 11.8. The Kier molecular flexibility index (Phi) is 7.13. The maximum atomic E-state index is 12.9. The number of nitrogens with two attached hydrogens (primary N) is 1. The van der Waals surface area contributed by atoms with E-state index in [1.807, 2.05) is 52.0 Å². The average molecular weight is 385 g/mol. The van der Waals surface area contributed by atoms with Crippen LogP contribution in [0.5, 0.6) is 0 Å². The van der Waals surface area contributed by atoms with Gasteiger partial charge in [-0.15, -0.1) is 0 Å². The lowest BCUT2D eigenvalue weighted by atomic mass is 10.1. The van der Waals surface area contributed by atoms with Crippen LogP contribution in [0, 0.1) is 0 Å². The van der Waals surface area contributed by atoms with Gasteiger partial charge >= 0.3 is 0 Å². The van der Waals surface area contributed by atoms with Crippen LogP contribution < -0.4 is 5.73 Å². The van der Waals surface area contributed by atoms with Crippen molar-refractivity contribution in [3.8, 4) is 0 Å². The van der Waals surface area contributed by atoms with Gasteiger partial charge in [0, 0.05) is 23.5 Å². The van der Waals surface area contributed by atoms with Crippen molar-refractivity contribution in [2.24, 2.45) is 0 Å². The first-order valence-corrected chi connectivity index (χ1v) is 9.58. The quantitative estimate of drug-likeness (QED) is 0.635. The zero-order valence-corrected chi connectivity index (χ0v) is 16.9. The number of hydrogen-bond acceptors (Lipinski definition) is 4. The first-order chi connectivity index (χ1) is 13.1. The van der Waals surface area contributed by atoms with Gasteiger partial charge in [0.1, 0.15) is 5.69 Å². The van der Waals surface area contributed by atoms with E-state index in [9.17, 15) is 4.79 Å². The van der Waals surface area contributed by atoms with Crippen LogP contribution in [-0.2, 0) is 13.1 Å². The van der Waals surface area contributed by atoms with Crippen LogP contribution >= 0.6 is 11.6 Å². The number of carbonyl (C=O) groups excluding carboxylic acids is 1. The lowest BCUT2D eigenvalue weighted by Crippen LogP contribution is -2.27. The summed E-state index contributed by atoms with van der Waals surface area (Å²) in [5.41, 5.74) is 8.97. The molecule has 27 heavy (non-hydrogen) atoms. The van der Waals surface area contributed by atoms with E-state index >= 15 is 0 Å². The molecule has 3 aromatic rings. The van der Waals surface area contributed by atoms with Crippen LogP contribution in [0.2, 0.25) is 5.02 Å². The number of benzene rings is 2. The van der Waals surface area contributed by atoms with Gasteiger partial charge in [-0.3, -0.25) is 4.79 Å². The van der Waals surface area contributed by atoms with Crippen LogP contribution in [0.4, 0.5) is 5.95 Å². The van der Waals surface area contributed by atoms with Crippen molar-refractivity contribution < 1.29 is 4.79 Å². The number of nitrogens with zero attached hydrogens (tertiary/aromatic N) is 3. The number of anilines is 1. The third-order valence-corrected chi connectivity index (χ3v) is 4.24. The van der Waals surface area contributed by atoms with Crippen LogP contribution in [0.1, 0.15) is 49.3 Å². The molecule has 1 aromatic heterocycles. The second kappa shape index (κ2) is 9.33. The van der Waals surface area contributed by atoms with Crippen molar-refractivity contribution in [2.75, 3.05) is 5.73 Å². The predicted molar refractivity (Wildman–Crippen MR) is 112 cm³/mol. The van der Waals surface area contributed by atoms with Gasteiger partial charge < -0.3 is 10.6 Å². The molecule has 0 radical (unpaired) electrons. The molecule has 0 aliphatic carbocycles. The van der Waals surface area contributed by atoms with E-state index in [1.54, 1.807) is 23.1 Å². The van der Waals surface area contributed by atoms with Crippen molar-refractivity contribution in [3.05, 3.63) is 64.3 Å². The molecule has 2 N–H and O–H groups in total.